The molecule has 0 spiro atoms. The highest BCUT2D eigenvalue weighted by Crippen LogP contribution is 2.31. The molecule has 6 nitrogen and oxygen atoms in total. The van der Waals surface area contributed by atoms with Crippen LogP contribution in [0.3, 0.4) is 0 Å². The molecule has 0 radical (unpaired) electrons. The van der Waals surface area contributed by atoms with Gasteiger partial charge in [0.1, 0.15) is 0 Å². The molecular weight excluding hydrogens is 328 g/mol. The number of nitrogens with one attached hydrogen (secondary N) is 2. The number of methoxy groups -OCH3 is 2. The van der Waals surface area contributed by atoms with Crippen LogP contribution in [0, 0.1) is 0 Å². The number of likely N-dealkylation sites (N-methyl/N-ethyl adjacent to an activating group) is 1. The Bertz CT molecular complexity index is 620. The Balaban J connectivity index is 2.15. The molecule has 6 heteroatoms. The van der Waals surface area contributed by atoms with Crippen molar-refractivity contribution in [3.05, 3.63) is 35.9 Å². The van der Waals surface area contributed by atoms with Crippen molar-refractivity contribution in [3.63, 3.8) is 0 Å². The number of hydrogen-bond acceptors (Lipinski definition) is 4. The van der Waals surface area contributed by atoms with Crippen LogP contribution < -0.4 is 20.1 Å². The van der Waals surface area contributed by atoms with Gasteiger partial charge in [0, 0.05) is 12.6 Å². The second-order valence-corrected chi connectivity index (χ2v) is 6.60. The van der Waals surface area contributed by atoms with Crippen LogP contribution in [-0.4, -0.2) is 58.3 Å². The summed E-state index contributed by atoms with van der Waals surface area (Å²) in [5.74, 6) is 2.34. The predicted molar refractivity (Wildman–Crippen MR) is 107 cm³/mol. The third kappa shape index (κ3) is 5.39. The van der Waals surface area contributed by atoms with Gasteiger partial charge in [0.15, 0.2) is 17.5 Å². The molecule has 0 amide bonds. The standard InChI is InChI=1S/C20H32N4O2/c1-6-21-20(23-16-9-7-8-10-16)22-14-17(24(2)3)15-11-12-18(25-4)19(13-15)26-5/h7-8,11-13,16-17H,6,9-10,14H2,1-5H3,(H2,21,22,23). The highest BCUT2D eigenvalue weighted by molar-refractivity contribution is 5.80. The highest BCUT2D eigenvalue weighted by atomic mass is 16.5. The SMILES string of the molecule is CCNC(=NCC(c1ccc(OC)c(OC)c1)N(C)C)NC1CC=CC1. The van der Waals surface area contributed by atoms with E-state index in [2.05, 4.69) is 54.8 Å². The molecule has 144 valence electrons. The first kappa shape index (κ1) is 20.1. The van der Waals surface area contributed by atoms with E-state index >= 15 is 0 Å². The first-order chi connectivity index (χ1) is 12.6. The lowest BCUT2D eigenvalue weighted by Crippen LogP contribution is -2.43. The van der Waals surface area contributed by atoms with Gasteiger partial charge >= 0.3 is 0 Å². The fourth-order valence-corrected chi connectivity index (χ4v) is 3.05. The van der Waals surface area contributed by atoms with E-state index in [0.29, 0.717) is 12.6 Å². The van der Waals surface area contributed by atoms with E-state index < -0.39 is 0 Å². The Morgan fingerprint density at radius 2 is 1.88 bits per heavy atom. The fourth-order valence-electron chi connectivity index (χ4n) is 3.05. The van der Waals surface area contributed by atoms with Crippen molar-refractivity contribution in [2.24, 2.45) is 4.99 Å². The Kier molecular flexibility index (Phi) is 7.78. The third-order valence-corrected chi connectivity index (χ3v) is 4.53. The van der Waals surface area contributed by atoms with Crippen LogP contribution in [0.1, 0.15) is 31.4 Å². The molecular formula is C20H32N4O2. The van der Waals surface area contributed by atoms with E-state index in [-0.39, 0.29) is 6.04 Å². The van der Waals surface area contributed by atoms with Gasteiger partial charge in [0.05, 0.1) is 26.8 Å². The molecule has 1 atom stereocenters. The number of ether oxygens (including phenoxy) is 2. The van der Waals surface area contributed by atoms with Crippen molar-refractivity contribution in [1.29, 1.82) is 0 Å². The topological polar surface area (TPSA) is 58.1 Å². The lowest BCUT2D eigenvalue weighted by atomic mass is 10.1. The summed E-state index contributed by atoms with van der Waals surface area (Å²) in [5, 5.41) is 6.86. The Hall–Kier alpha value is -2.21. The van der Waals surface area contributed by atoms with E-state index in [1.807, 2.05) is 12.1 Å². The number of nitrogens with zero attached hydrogens (tertiary/aromatic N) is 2. The normalized spacial score (nSPS) is 16.0. The minimum atomic E-state index is 0.145. The summed E-state index contributed by atoms with van der Waals surface area (Å²) in [7, 11) is 7.45. The second-order valence-electron chi connectivity index (χ2n) is 6.60. The minimum absolute atomic E-state index is 0.145. The molecule has 0 bridgehead atoms. The van der Waals surface area contributed by atoms with E-state index in [1.165, 1.54) is 0 Å². The summed E-state index contributed by atoms with van der Waals surface area (Å²) in [6.45, 7) is 3.58. The Morgan fingerprint density at radius 1 is 1.19 bits per heavy atom. The van der Waals surface area contributed by atoms with Crippen molar-refractivity contribution < 1.29 is 9.47 Å². The van der Waals surface area contributed by atoms with Gasteiger partial charge in [-0.3, -0.25) is 4.99 Å². The van der Waals surface area contributed by atoms with Gasteiger partial charge < -0.3 is 25.0 Å². The molecule has 26 heavy (non-hydrogen) atoms. The van der Waals surface area contributed by atoms with Gasteiger partial charge in [0.2, 0.25) is 0 Å². The predicted octanol–water partition coefficient (Wildman–Crippen LogP) is 2.58. The summed E-state index contributed by atoms with van der Waals surface area (Å²) in [6.07, 6.45) is 6.54. The molecule has 1 aliphatic carbocycles. The molecule has 1 aliphatic rings. The summed E-state index contributed by atoms with van der Waals surface area (Å²) in [5.41, 5.74) is 1.15. The quantitative estimate of drug-likeness (QED) is 0.424. The first-order valence-electron chi connectivity index (χ1n) is 9.17. The van der Waals surface area contributed by atoms with Gasteiger partial charge in [-0.1, -0.05) is 18.2 Å². The average molecular weight is 361 g/mol. The number of hydrogen-bond donors (Lipinski definition) is 2. The van der Waals surface area contributed by atoms with E-state index in [0.717, 1.165) is 42.4 Å². The van der Waals surface area contributed by atoms with Crippen LogP contribution in [0.15, 0.2) is 35.3 Å². The zero-order chi connectivity index (χ0) is 18.9. The van der Waals surface area contributed by atoms with Crippen LogP contribution in [0.2, 0.25) is 0 Å². The lowest BCUT2D eigenvalue weighted by molar-refractivity contribution is 0.303. The molecule has 0 fully saturated rings. The summed E-state index contributed by atoms with van der Waals surface area (Å²) >= 11 is 0. The van der Waals surface area contributed by atoms with Gasteiger partial charge in [-0.2, -0.15) is 0 Å². The number of guanidine groups is 1. The zero-order valence-electron chi connectivity index (χ0n) is 16.6. The minimum Gasteiger partial charge on any atom is -0.493 e. The number of aliphatic imine (C=N–C) groups is 1. The molecule has 0 saturated carbocycles. The van der Waals surface area contributed by atoms with Gasteiger partial charge in [-0.15, -0.1) is 0 Å². The van der Waals surface area contributed by atoms with E-state index in [1.54, 1.807) is 14.2 Å². The molecule has 1 aromatic carbocycles. The molecule has 0 saturated heterocycles. The molecule has 0 aliphatic heterocycles. The van der Waals surface area contributed by atoms with Crippen molar-refractivity contribution >= 4 is 5.96 Å². The van der Waals surface area contributed by atoms with Crippen LogP contribution in [-0.2, 0) is 0 Å². The van der Waals surface area contributed by atoms with Crippen molar-refractivity contribution in [2.75, 3.05) is 41.4 Å². The summed E-state index contributed by atoms with van der Waals surface area (Å²) in [4.78, 5) is 7.00. The smallest absolute Gasteiger partial charge is 0.191 e. The molecule has 2 N–H and O–H groups in total. The van der Waals surface area contributed by atoms with Gasteiger partial charge in [-0.05, 0) is 51.6 Å². The maximum atomic E-state index is 5.45. The lowest BCUT2D eigenvalue weighted by Gasteiger charge is -2.25. The van der Waals surface area contributed by atoms with E-state index in [9.17, 15) is 0 Å². The molecule has 0 heterocycles. The molecule has 1 aromatic rings. The van der Waals surface area contributed by atoms with Crippen LogP contribution in [0.5, 0.6) is 11.5 Å². The van der Waals surface area contributed by atoms with Crippen molar-refractivity contribution in [3.8, 4) is 11.5 Å². The Morgan fingerprint density at radius 3 is 2.46 bits per heavy atom. The zero-order valence-corrected chi connectivity index (χ0v) is 16.6. The summed E-state index contributed by atoms with van der Waals surface area (Å²) in [6, 6.07) is 6.63. The fraction of sp³-hybridized carbons (Fsp3) is 0.550. The summed E-state index contributed by atoms with van der Waals surface area (Å²) < 4.78 is 10.8. The number of rotatable bonds is 8. The maximum absolute atomic E-state index is 5.45. The van der Waals surface area contributed by atoms with Crippen molar-refractivity contribution in [2.45, 2.75) is 31.8 Å². The van der Waals surface area contributed by atoms with Gasteiger partial charge in [-0.25, -0.2) is 0 Å². The van der Waals surface area contributed by atoms with Crippen LogP contribution in [0.4, 0.5) is 0 Å². The monoisotopic (exact) mass is 360 g/mol. The van der Waals surface area contributed by atoms with Crippen LogP contribution in [0.25, 0.3) is 0 Å². The first-order valence-corrected chi connectivity index (χ1v) is 9.17. The largest absolute Gasteiger partial charge is 0.493 e. The van der Waals surface area contributed by atoms with E-state index in [4.69, 9.17) is 14.5 Å². The Labute approximate surface area is 157 Å². The number of benzene rings is 1. The van der Waals surface area contributed by atoms with Gasteiger partial charge in [0.25, 0.3) is 0 Å². The second kappa shape index (κ2) is 10.1. The molecule has 0 aromatic heterocycles. The van der Waals surface area contributed by atoms with Crippen molar-refractivity contribution in [1.82, 2.24) is 15.5 Å². The maximum Gasteiger partial charge on any atom is 0.191 e. The molecule has 1 unspecified atom stereocenters. The third-order valence-electron chi connectivity index (χ3n) is 4.53. The molecule has 2 rings (SSSR count). The van der Waals surface area contributed by atoms with Crippen LogP contribution >= 0.6 is 0 Å². The average Bonchev–Trinajstić information content (AvgIpc) is 3.14. The highest BCUT2D eigenvalue weighted by Gasteiger charge is 2.17.